The first-order valence-corrected chi connectivity index (χ1v) is 6.35. The normalized spacial score (nSPS) is 21.4. The van der Waals surface area contributed by atoms with Crippen molar-refractivity contribution in [3.05, 3.63) is 29.3 Å². The topological polar surface area (TPSA) is 49.3 Å². The summed E-state index contributed by atoms with van der Waals surface area (Å²) >= 11 is 0. The van der Waals surface area contributed by atoms with Crippen LogP contribution in [-0.2, 0) is 11.2 Å². The Balaban J connectivity index is 1.89. The van der Waals surface area contributed by atoms with Gasteiger partial charge in [0, 0.05) is 12.1 Å². The van der Waals surface area contributed by atoms with Crippen LogP contribution >= 0.6 is 0 Å². The third-order valence-corrected chi connectivity index (χ3v) is 3.66. The number of aliphatic hydroxyl groups excluding tert-OH is 1. The first-order chi connectivity index (χ1) is 8.24. The number of nitrogens with one attached hydrogen (secondary N) is 1. The van der Waals surface area contributed by atoms with Gasteiger partial charge in [-0.3, -0.25) is 4.79 Å². The second-order valence-corrected chi connectivity index (χ2v) is 5.10. The van der Waals surface area contributed by atoms with Crippen molar-refractivity contribution in [2.24, 2.45) is 5.92 Å². The highest BCUT2D eigenvalue weighted by Gasteiger charge is 2.31. The average molecular weight is 231 g/mol. The molecule has 1 atom stereocenters. The number of rotatable bonds is 2. The van der Waals surface area contributed by atoms with Gasteiger partial charge in [-0.15, -0.1) is 0 Å². The molecule has 0 saturated heterocycles. The monoisotopic (exact) mass is 231 g/mol. The molecule has 3 nitrogen and oxygen atoms in total. The summed E-state index contributed by atoms with van der Waals surface area (Å²) in [5.41, 5.74) is 3.08. The van der Waals surface area contributed by atoms with Gasteiger partial charge in [0.15, 0.2) is 0 Å². The fraction of sp³-hybridized carbons (Fsp3) is 0.500. The molecule has 0 bridgehead atoms. The minimum absolute atomic E-state index is 0.0965. The Hall–Kier alpha value is -1.35. The van der Waals surface area contributed by atoms with Gasteiger partial charge >= 0.3 is 0 Å². The zero-order valence-corrected chi connectivity index (χ0v) is 9.78. The van der Waals surface area contributed by atoms with Crippen LogP contribution in [-0.4, -0.2) is 11.0 Å². The molecule has 1 aromatic rings. The lowest BCUT2D eigenvalue weighted by molar-refractivity contribution is -0.116. The molecule has 1 heterocycles. The number of fused-ring (bicyclic) bond motifs is 1. The van der Waals surface area contributed by atoms with Gasteiger partial charge in [-0.05, 0) is 48.8 Å². The summed E-state index contributed by atoms with van der Waals surface area (Å²) in [5, 5.41) is 13.0. The van der Waals surface area contributed by atoms with Crippen molar-refractivity contribution in [2.75, 3.05) is 5.32 Å². The van der Waals surface area contributed by atoms with Crippen LogP contribution < -0.4 is 5.32 Å². The number of aryl methyl sites for hydroxylation is 1. The zero-order valence-electron chi connectivity index (χ0n) is 9.78. The molecule has 1 aromatic carbocycles. The molecule has 1 aliphatic heterocycles. The van der Waals surface area contributed by atoms with Crippen LogP contribution in [0.2, 0.25) is 0 Å². The van der Waals surface area contributed by atoms with E-state index in [1.54, 1.807) is 0 Å². The number of benzene rings is 1. The summed E-state index contributed by atoms with van der Waals surface area (Å²) in [6, 6.07) is 5.93. The maximum atomic E-state index is 11.4. The van der Waals surface area contributed by atoms with Crippen molar-refractivity contribution in [3.63, 3.8) is 0 Å². The Morgan fingerprint density at radius 3 is 2.88 bits per heavy atom. The minimum atomic E-state index is -0.320. The predicted octanol–water partition coefficient (Wildman–Crippen LogP) is 2.40. The van der Waals surface area contributed by atoms with Gasteiger partial charge < -0.3 is 10.4 Å². The highest BCUT2D eigenvalue weighted by molar-refractivity contribution is 5.92. The number of carbonyl (C=O) groups is 1. The SMILES string of the molecule is O=C1CCCc2cc(C(O)C3CC3)ccc2N1. The molecule has 17 heavy (non-hydrogen) atoms. The standard InChI is InChI=1S/C14H17NO2/c16-13-3-1-2-10-8-11(6-7-12(10)15-13)14(17)9-4-5-9/h6-9,14,17H,1-5H2,(H,15,16). The smallest absolute Gasteiger partial charge is 0.224 e. The molecule has 3 heteroatoms. The third kappa shape index (κ3) is 2.20. The van der Waals surface area contributed by atoms with Crippen LogP contribution in [0.1, 0.15) is 42.9 Å². The van der Waals surface area contributed by atoms with E-state index in [9.17, 15) is 9.90 Å². The van der Waals surface area contributed by atoms with Crippen LogP contribution in [0.5, 0.6) is 0 Å². The summed E-state index contributed by atoms with van der Waals surface area (Å²) in [7, 11) is 0. The van der Waals surface area contributed by atoms with Gasteiger partial charge in [0.2, 0.25) is 5.91 Å². The molecule has 0 spiro atoms. The molecule has 1 aliphatic carbocycles. The molecule has 1 amide bonds. The first-order valence-electron chi connectivity index (χ1n) is 6.35. The lowest BCUT2D eigenvalue weighted by Crippen LogP contribution is -2.09. The Kier molecular flexibility index (Phi) is 2.63. The quantitative estimate of drug-likeness (QED) is 0.821. The molecule has 1 fully saturated rings. The van der Waals surface area contributed by atoms with Crippen LogP contribution in [0.4, 0.5) is 5.69 Å². The molecule has 2 N–H and O–H groups in total. The zero-order chi connectivity index (χ0) is 11.8. The maximum absolute atomic E-state index is 11.4. The van der Waals surface area contributed by atoms with E-state index in [4.69, 9.17) is 0 Å². The number of hydrogen-bond acceptors (Lipinski definition) is 2. The van der Waals surface area contributed by atoms with Crippen LogP contribution in [0, 0.1) is 5.92 Å². The first kappa shape index (κ1) is 10.8. The van der Waals surface area contributed by atoms with Crippen molar-refractivity contribution >= 4 is 11.6 Å². The predicted molar refractivity (Wildman–Crippen MR) is 65.7 cm³/mol. The van der Waals surface area contributed by atoms with Gasteiger partial charge in [0.1, 0.15) is 0 Å². The molecule has 90 valence electrons. The van der Waals surface area contributed by atoms with E-state index in [1.165, 1.54) is 0 Å². The lowest BCUT2D eigenvalue weighted by atomic mass is 9.99. The van der Waals surface area contributed by atoms with Crippen molar-refractivity contribution in [3.8, 4) is 0 Å². The molecule has 1 unspecified atom stereocenters. The van der Waals surface area contributed by atoms with Crippen LogP contribution in [0.15, 0.2) is 18.2 Å². The van der Waals surface area contributed by atoms with Crippen molar-refractivity contribution < 1.29 is 9.90 Å². The summed E-state index contributed by atoms with van der Waals surface area (Å²) < 4.78 is 0. The largest absolute Gasteiger partial charge is 0.388 e. The van der Waals surface area contributed by atoms with Gasteiger partial charge in [0.25, 0.3) is 0 Å². The Bertz CT molecular complexity index is 452. The number of carbonyl (C=O) groups excluding carboxylic acids is 1. The van der Waals surface area contributed by atoms with Crippen molar-refractivity contribution in [2.45, 2.75) is 38.2 Å². The van der Waals surface area contributed by atoms with Gasteiger partial charge in [-0.2, -0.15) is 0 Å². The Morgan fingerprint density at radius 1 is 1.29 bits per heavy atom. The second-order valence-electron chi connectivity index (χ2n) is 5.10. The number of hydrogen-bond donors (Lipinski definition) is 2. The fourth-order valence-electron chi connectivity index (χ4n) is 2.46. The molecule has 3 rings (SSSR count). The number of anilines is 1. The molecule has 1 saturated carbocycles. The number of aliphatic hydroxyl groups is 1. The summed E-state index contributed by atoms with van der Waals surface area (Å²) in [4.78, 5) is 11.4. The lowest BCUT2D eigenvalue weighted by Gasteiger charge is -2.13. The van der Waals surface area contributed by atoms with Crippen LogP contribution in [0.25, 0.3) is 0 Å². The van der Waals surface area contributed by atoms with E-state index in [1.807, 2.05) is 12.1 Å². The second kappa shape index (κ2) is 4.15. The summed E-state index contributed by atoms with van der Waals surface area (Å²) in [6.07, 6.45) is 4.35. The highest BCUT2D eigenvalue weighted by atomic mass is 16.3. The third-order valence-electron chi connectivity index (χ3n) is 3.66. The van der Waals surface area contributed by atoms with Gasteiger partial charge in [-0.25, -0.2) is 0 Å². The van der Waals surface area contributed by atoms with E-state index in [2.05, 4.69) is 11.4 Å². The van der Waals surface area contributed by atoms with Crippen molar-refractivity contribution in [1.29, 1.82) is 0 Å². The van der Waals surface area contributed by atoms with E-state index in [-0.39, 0.29) is 12.0 Å². The van der Waals surface area contributed by atoms with Crippen molar-refractivity contribution in [1.82, 2.24) is 0 Å². The Morgan fingerprint density at radius 2 is 2.12 bits per heavy atom. The molecule has 2 aliphatic rings. The molecular formula is C14H17NO2. The van der Waals surface area contributed by atoms with E-state index >= 15 is 0 Å². The van der Waals surface area contributed by atoms with Crippen LogP contribution in [0.3, 0.4) is 0 Å². The summed E-state index contributed by atoms with van der Waals surface area (Å²) in [5.74, 6) is 0.549. The maximum Gasteiger partial charge on any atom is 0.224 e. The fourth-order valence-corrected chi connectivity index (χ4v) is 2.46. The highest BCUT2D eigenvalue weighted by Crippen LogP contribution is 2.41. The van der Waals surface area contributed by atoms with E-state index in [0.29, 0.717) is 12.3 Å². The Labute approximate surface area is 101 Å². The van der Waals surface area contributed by atoms with Gasteiger partial charge in [-0.1, -0.05) is 12.1 Å². The molecule has 0 radical (unpaired) electrons. The van der Waals surface area contributed by atoms with E-state index < -0.39 is 0 Å². The molecular weight excluding hydrogens is 214 g/mol. The summed E-state index contributed by atoms with van der Waals surface area (Å²) in [6.45, 7) is 0. The average Bonchev–Trinajstić information content (AvgIpc) is 3.14. The minimum Gasteiger partial charge on any atom is -0.388 e. The van der Waals surface area contributed by atoms with E-state index in [0.717, 1.165) is 42.5 Å². The number of amides is 1. The van der Waals surface area contributed by atoms with Gasteiger partial charge in [0.05, 0.1) is 6.10 Å². The molecule has 0 aromatic heterocycles.